The smallest absolute Gasteiger partial charge is 0.316 e. The van der Waals surface area contributed by atoms with Crippen molar-refractivity contribution in [1.29, 1.82) is 0 Å². The van der Waals surface area contributed by atoms with Crippen LogP contribution in [0.1, 0.15) is 37.9 Å². The molecule has 7 heteroatoms. The molecule has 0 saturated heterocycles. The summed E-state index contributed by atoms with van der Waals surface area (Å²) in [5.41, 5.74) is 0. The number of hydrogen-bond acceptors (Lipinski definition) is 6. The first-order chi connectivity index (χ1) is 13.3. The maximum absolute atomic E-state index is 12.1. The van der Waals surface area contributed by atoms with Crippen molar-refractivity contribution in [2.75, 3.05) is 5.75 Å². The van der Waals surface area contributed by atoms with Gasteiger partial charge in [0.15, 0.2) is 5.16 Å². The lowest BCUT2D eigenvalue weighted by atomic mass is 9.98. The maximum atomic E-state index is 12.1. The van der Waals surface area contributed by atoms with E-state index in [2.05, 4.69) is 28.9 Å². The number of nitrogens with zero attached hydrogens (tertiary/aromatic N) is 3. The summed E-state index contributed by atoms with van der Waals surface area (Å²) >= 11 is 3.10. The minimum absolute atomic E-state index is 0.0933. The van der Waals surface area contributed by atoms with E-state index >= 15 is 0 Å². The van der Waals surface area contributed by atoms with E-state index in [-0.39, 0.29) is 17.8 Å². The van der Waals surface area contributed by atoms with Gasteiger partial charge in [-0.05, 0) is 37.8 Å². The van der Waals surface area contributed by atoms with Crippen LogP contribution in [-0.4, -0.2) is 32.6 Å². The number of ether oxygens (including phenoxy) is 1. The Morgan fingerprint density at radius 2 is 1.96 bits per heavy atom. The average Bonchev–Trinajstić information content (AvgIpc) is 3.08. The number of aromatic nitrogens is 3. The molecular weight excluding hydrogens is 378 g/mol. The predicted octanol–water partition coefficient (Wildman–Crippen LogP) is 4.72. The topological polar surface area (TPSA) is 57.0 Å². The minimum Gasteiger partial charge on any atom is -0.462 e. The molecule has 0 atom stereocenters. The van der Waals surface area contributed by atoms with E-state index in [0.29, 0.717) is 6.54 Å². The molecule has 1 saturated carbocycles. The molecule has 0 aliphatic heterocycles. The first-order valence-electron chi connectivity index (χ1n) is 9.29. The Morgan fingerprint density at radius 1 is 1.19 bits per heavy atom. The lowest BCUT2D eigenvalue weighted by Crippen LogP contribution is -2.22. The van der Waals surface area contributed by atoms with Crippen LogP contribution in [0.15, 0.2) is 53.0 Å². The van der Waals surface area contributed by atoms with Crippen LogP contribution in [0.3, 0.4) is 0 Å². The quantitative estimate of drug-likeness (QED) is 0.343. The summed E-state index contributed by atoms with van der Waals surface area (Å²) in [6.07, 6.45) is 7.45. The molecule has 144 valence electrons. The van der Waals surface area contributed by atoms with Crippen molar-refractivity contribution in [1.82, 2.24) is 14.8 Å². The zero-order chi connectivity index (χ0) is 18.9. The highest BCUT2D eigenvalue weighted by Gasteiger charge is 2.19. The Kier molecular flexibility index (Phi) is 7.83. The van der Waals surface area contributed by atoms with E-state index in [9.17, 15) is 4.79 Å². The number of thioether (sulfide) groups is 2. The van der Waals surface area contributed by atoms with E-state index < -0.39 is 0 Å². The summed E-state index contributed by atoms with van der Waals surface area (Å²) < 4.78 is 7.60. The largest absolute Gasteiger partial charge is 0.462 e. The van der Waals surface area contributed by atoms with E-state index in [4.69, 9.17) is 4.74 Å². The Hall–Kier alpha value is -1.73. The second kappa shape index (κ2) is 10.6. The third-order valence-electron chi connectivity index (χ3n) is 4.39. The van der Waals surface area contributed by atoms with Gasteiger partial charge in [-0.25, -0.2) is 0 Å². The van der Waals surface area contributed by atoms with E-state index in [1.165, 1.54) is 23.1 Å². The molecule has 0 unspecified atom stereocenters. The van der Waals surface area contributed by atoms with Gasteiger partial charge in [0.2, 0.25) is 0 Å². The fourth-order valence-electron chi connectivity index (χ4n) is 3.04. The highest BCUT2D eigenvalue weighted by Crippen LogP contribution is 2.25. The number of esters is 1. The zero-order valence-electron chi connectivity index (χ0n) is 15.4. The maximum Gasteiger partial charge on any atom is 0.316 e. The Bertz CT molecular complexity index is 743. The van der Waals surface area contributed by atoms with Crippen molar-refractivity contribution in [3.63, 3.8) is 0 Å². The average molecular weight is 404 g/mol. The molecule has 1 heterocycles. The van der Waals surface area contributed by atoms with Crippen LogP contribution in [0.4, 0.5) is 0 Å². The second-order valence-electron chi connectivity index (χ2n) is 6.44. The van der Waals surface area contributed by atoms with Crippen LogP contribution in [-0.2, 0) is 21.8 Å². The minimum atomic E-state index is -0.166. The standard InChI is InChI=1S/C20H25N3O2S2/c1-2-13-23-18(14-26-17-11-7-4-8-12-17)21-22-20(23)27-15-19(24)25-16-9-5-3-6-10-16/h2,4,7-8,11-12,16H,1,3,5-6,9-10,13-15H2. The van der Waals surface area contributed by atoms with Gasteiger partial charge in [-0.1, -0.05) is 42.5 Å². The molecule has 0 N–H and O–H groups in total. The number of benzene rings is 1. The highest BCUT2D eigenvalue weighted by atomic mass is 32.2. The fraction of sp³-hybridized carbons (Fsp3) is 0.450. The Labute approximate surface area is 169 Å². The first-order valence-corrected chi connectivity index (χ1v) is 11.3. The first kappa shape index (κ1) is 20.0. The van der Waals surface area contributed by atoms with Crippen molar-refractivity contribution in [3.8, 4) is 0 Å². The number of hydrogen-bond donors (Lipinski definition) is 0. The molecule has 0 bridgehead atoms. The van der Waals surface area contributed by atoms with Crippen LogP contribution in [0.2, 0.25) is 0 Å². The van der Waals surface area contributed by atoms with Crippen molar-refractivity contribution in [2.24, 2.45) is 0 Å². The molecule has 0 radical (unpaired) electrons. The van der Waals surface area contributed by atoms with E-state index in [1.807, 2.05) is 28.8 Å². The highest BCUT2D eigenvalue weighted by molar-refractivity contribution is 7.99. The van der Waals surface area contributed by atoms with Crippen molar-refractivity contribution in [2.45, 2.75) is 60.6 Å². The van der Waals surface area contributed by atoms with Gasteiger partial charge in [-0.2, -0.15) is 0 Å². The monoisotopic (exact) mass is 403 g/mol. The normalized spacial score (nSPS) is 14.8. The lowest BCUT2D eigenvalue weighted by molar-refractivity contribution is -0.147. The molecule has 1 aromatic heterocycles. The summed E-state index contributed by atoms with van der Waals surface area (Å²) in [5.74, 6) is 1.70. The summed E-state index contributed by atoms with van der Waals surface area (Å²) in [6.45, 7) is 4.45. The Morgan fingerprint density at radius 3 is 2.70 bits per heavy atom. The molecule has 1 fully saturated rings. The molecule has 5 nitrogen and oxygen atoms in total. The summed E-state index contributed by atoms with van der Waals surface area (Å²) in [6, 6.07) is 10.2. The summed E-state index contributed by atoms with van der Waals surface area (Å²) in [7, 11) is 0. The molecule has 2 aromatic rings. The molecule has 0 amide bonds. The molecule has 0 spiro atoms. The van der Waals surface area contributed by atoms with Gasteiger partial charge in [-0.3, -0.25) is 4.79 Å². The van der Waals surface area contributed by atoms with E-state index in [1.54, 1.807) is 11.8 Å². The van der Waals surface area contributed by atoms with Gasteiger partial charge in [0, 0.05) is 11.4 Å². The van der Waals surface area contributed by atoms with Crippen LogP contribution >= 0.6 is 23.5 Å². The molecule has 27 heavy (non-hydrogen) atoms. The zero-order valence-corrected chi connectivity index (χ0v) is 17.0. The predicted molar refractivity (Wildman–Crippen MR) is 110 cm³/mol. The Balaban J connectivity index is 1.55. The number of carbonyl (C=O) groups is 1. The molecule has 1 aliphatic carbocycles. The summed E-state index contributed by atoms with van der Waals surface area (Å²) in [5, 5.41) is 9.32. The van der Waals surface area contributed by atoms with Crippen LogP contribution < -0.4 is 0 Å². The van der Waals surface area contributed by atoms with Gasteiger partial charge in [0.05, 0.1) is 11.5 Å². The third-order valence-corrected chi connectivity index (χ3v) is 6.33. The lowest BCUT2D eigenvalue weighted by Gasteiger charge is -2.21. The van der Waals surface area contributed by atoms with Gasteiger partial charge >= 0.3 is 5.97 Å². The van der Waals surface area contributed by atoms with Gasteiger partial charge < -0.3 is 9.30 Å². The van der Waals surface area contributed by atoms with Crippen molar-refractivity contribution >= 4 is 29.5 Å². The number of carbonyl (C=O) groups excluding carboxylic acids is 1. The molecule has 1 aliphatic rings. The van der Waals surface area contributed by atoms with Gasteiger partial charge in [-0.15, -0.1) is 28.5 Å². The van der Waals surface area contributed by atoms with Crippen molar-refractivity contribution in [3.05, 3.63) is 48.8 Å². The number of rotatable bonds is 9. The second-order valence-corrected chi connectivity index (χ2v) is 8.43. The molecule has 3 rings (SSSR count). The SMILES string of the molecule is C=CCn1c(CSc2ccccc2)nnc1SCC(=O)OC1CCCCC1. The summed E-state index contributed by atoms with van der Waals surface area (Å²) in [4.78, 5) is 13.3. The third kappa shape index (κ3) is 6.14. The van der Waals surface area contributed by atoms with Crippen LogP contribution in [0.5, 0.6) is 0 Å². The molecule has 1 aromatic carbocycles. The van der Waals surface area contributed by atoms with Gasteiger partial charge in [0.25, 0.3) is 0 Å². The van der Waals surface area contributed by atoms with Crippen LogP contribution in [0, 0.1) is 0 Å². The van der Waals surface area contributed by atoms with E-state index in [0.717, 1.165) is 42.4 Å². The van der Waals surface area contributed by atoms with Gasteiger partial charge in [0.1, 0.15) is 11.9 Å². The molecular formula is C20H25N3O2S2. The van der Waals surface area contributed by atoms with Crippen molar-refractivity contribution < 1.29 is 9.53 Å². The fourth-order valence-corrected chi connectivity index (χ4v) is 4.64. The number of allylic oxidation sites excluding steroid dienone is 1. The van der Waals surface area contributed by atoms with Crippen LogP contribution in [0.25, 0.3) is 0 Å².